The molecule has 5 nitrogen and oxygen atoms in total. The molecule has 0 spiro atoms. The smallest absolute Gasteiger partial charge is 0.190 e. The molecule has 1 unspecified atom stereocenters. The Labute approximate surface area is 163 Å². The summed E-state index contributed by atoms with van der Waals surface area (Å²) in [5, 5.41) is 6.98. The first-order chi connectivity index (χ1) is 13.3. The minimum absolute atomic E-state index is 0.635. The van der Waals surface area contributed by atoms with Gasteiger partial charge >= 0.3 is 0 Å². The minimum atomic E-state index is 0.635. The molecular weight excluding hydrogens is 336 g/mol. The average molecular weight is 371 g/mol. The number of aliphatic imine (C=N–C) groups is 1. The predicted octanol–water partition coefficient (Wildman–Crippen LogP) is 3.58. The second-order valence-corrected chi connectivity index (χ2v) is 7.54. The van der Waals surface area contributed by atoms with Gasteiger partial charge in [-0.1, -0.05) is 17.7 Å². The first-order valence-corrected chi connectivity index (χ1v) is 10.3. The molecule has 148 valence electrons. The van der Waals surface area contributed by atoms with Crippen LogP contribution in [-0.4, -0.2) is 46.3 Å². The average Bonchev–Trinajstić information content (AvgIpc) is 3.20. The van der Waals surface area contributed by atoms with Crippen molar-refractivity contribution in [2.45, 2.75) is 38.5 Å². The van der Waals surface area contributed by atoms with Crippen LogP contribution in [0.3, 0.4) is 0 Å². The molecule has 5 heteroatoms. The Kier molecular flexibility index (Phi) is 7.43. The van der Waals surface area contributed by atoms with Crippen molar-refractivity contribution in [3.05, 3.63) is 35.9 Å². The van der Waals surface area contributed by atoms with Gasteiger partial charge < -0.3 is 20.3 Å². The minimum Gasteiger partial charge on any atom is -0.497 e. The van der Waals surface area contributed by atoms with Crippen LogP contribution >= 0.6 is 0 Å². The number of hydrogen-bond acceptors (Lipinski definition) is 3. The summed E-state index contributed by atoms with van der Waals surface area (Å²) in [5.41, 5.74) is 2.86. The Balaban J connectivity index is 1.39. The summed E-state index contributed by atoms with van der Waals surface area (Å²) in [6.45, 7) is 4.10. The van der Waals surface area contributed by atoms with E-state index in [2.05, 4.69) is 44.8 Å². The number of guanidine groups is 1. The van der Waals surface area contributed by atoms with E-state index >= 15 is 0 Å². The number of hydrogen-bond donors (Lipinski definition) is 2. The number of benzene rings is 1. The maximum Gasteiger partial charge on any atom is 0.190 e. The third-order valence-electron chi connectivity index (χ3n) is 5.61. The molecule has 3 rings (SSSR count). The van der Waals surface area contributed by atoms with Crippen molar-refractivity contribution in [3.63, 3.8) is 0 Å². The summed E-state index contributed by atoms with van der Waals surface area (Å²) < 4.78 is 5.35. The van der Waals surface area contributed by atoms with Gasteiger partial charge in [0.2, 0.25) is 0 Å². The number of ether oxygens (including phenoxy) is 1. The lowest BCUT2D eigenvalue weighted by atomic mass is 9.97. The second kappa shape index (κ2) is 10.2. The van der Waals surface area contributed by atoms with Crippen LogP contribution < -0.4 is 20.3 Å². The molecular formula is C22H34N4O. The number of rotatable bonds is 7. The van der Waals surface area contributed by atoms with E-state index in [1.807, 2.05) is 13.1 Å². The molecule has 1 aromatic carbocycles. The third kappa shape index (κ3) is 5.91. The number of nitrogens with zero attached hydrogens (tertiary/aromatic N) is 2. The highest BCUT2D eigenvalue weighted by Gasteiger charge is 2.23. The lowest BCUT2D eigenvalue weighted by Gasteiger charge is -2.20. The third-order valence-corrected chi connectivity index (χ3v) is 5.61. The second-order valence-electron chi connectivity index (χ2n) is 7.54. The van der Waals surface area contributed by atoms with Gasteiger partial charge in [0.15, 0.2) is 5.96 Å². The van der Waals surface area contributed by atoms with E-state index in [4.69, 9.17) is 4.74 Å². The van der Waals surface area contributed by atoms with E-state index < -0.39 is 0 Å². The molecule has 1 saturated heterocycles. The molecule has 0 saturated carbocycles. The highest BCUT2D eigenvalue weighted by atomic mass is 16.5. The molecule has 1 aromatic rings. The van der Waals surface area contributed by atoms with E-state index in [1.54, 1.807) is 12.7 Å². The Morgan fingerprint density at radius 2 is 2.22 bits per heavy atom. The fourth-order valence-electron chi connectivity index (χ4n) is 3.98. The topological polar surface area (TPSA) is 48.9 Å². The summed E-state index contributed by atoms with van der Waals surface area (Å²) >= 11 is 0. The van der Waals surface area contributed by atoms with Gasteiger partial charge in [0, 0.05) is 45.0 Å². The summed E-state index contributed by atoms with van der Waals surface area (Å²) in [6, 6.07) is 8.35. The highest BCUT2D eigenvalue weighted by molar-refractivity contribution is 5.79. The number of allylic oxidation sites excluding steroid dienone is 1. The zero-order chi connectivity index (χ0) is 18.9. The SMILES string of the molecule is CN=C(NCCC1=CCCCC1)NCC1CCN(c2cccc(OC)c2)C1. The number of methoxy groups -OCH3 is 1. The lowest BCUT2D eigenvalue weighted by molar-refractivity contribution is 0.415. The predicted molar refractivity (Wildman–Crippen MR) is 114 cm³/mol. The Hall–Kier alpha value is -2.17. The molecule has 27 heavy (non-hydrogen) atoms. The van der Waals surface area contributed by atoms with Crippen LogP contribution in [-0.2, 0) is 0 Å². The standard InChI is InChI=1S/C22H34N4O/c1-23-22(24-13-11-18-7-4-3-5-8-18)25-16-19-12-14-26(17-19)20-9-6-10-21(15-20)27-2/h6-7,9-10,15,19H,3-5,8,11-14,16-17H2,1-2H3,(H2,23,24,25). The molecule has 0 radical (unpaired) electrons. The quantitative estimate of drug-likeness (QED) is 0.438. The molecule has 1 aliphatic heterocycles. The van der Waals surface area contributed by atoms with Gasteiger partial charge in [-0.2, -0.15) is 0 Å². The Morgan fingerprint density at radius 1 is 1.30 bits per heavy atom. The monoisotopic (exact) mass is 370 g/mol. The van der Waals surface area contributed by atoms with Crippen molar-refractivity contribution in [1.29, 1.82) is 0 Å². The molecule has 1 fully saturated rings. The normalized spacial score (nSPS) is 20.4. The summed E-state index contributed by atoms with van der Waals surface area (Å²) in [5.74, 6) is 2.48. The molecule has 0 aromatic heterocycles. The first-order valence-electron chi connectivity index (χ1n) is 10.3. The molecule has 1 atom stereocenters. The van der Waals surface area contributed by atoms with E-state index in [-0.39, 0.29) is 0 Å². The van der Waals surface area contributed by atoms with Crippen molar-refractivity contribution in [2.75, 3.05) is 45.2 Å². The molecule has 2 N–H and O–H groups in total. The zero-order valence-corrected chi connectivity index (χ0v) is 16.8. The van der Waals surface area contributed by atoms with Gasteiger partial charge in [-0.15, -0.1) is 0 Å². The van der Waals surface area contributed by atoms with E-state index in [9.17, 15) is 0 Å². The lowest BCUT2D eigenvalue weighted by Crippen LogP contribution is -2.40. The molecule has 0 amide bonds. The molecule has 0 bridgehead atoms. The van der Waals surface area contributed by atoms with Crippen molar-refractivity contribution < 1.29 is 4.74 Å². The number of anilines is 1. The molecule has 1 heterocycles. The maximum atomic E-state index is 5.35. The van der Waals surface area contributed by atoms with Crippen LogP contribution in [0.4, 0.5) is 5.69 Å². The van der Waals surface area contributed by atoms with Crippen molar-refractivity contribution >= 4 is 11.6 Å². The largest absolute Gasteiger partial charge is 0.497 e. The summed E-state index contributed by atoms with van der Waals surface area (Å²) in [6.07, 6.45) is 10.00. The Bertz CT molecular complexity index is 655. The van der Waals surface area contributed by atoms with Gasteiger partial charge in [-0.25, -0.2) is 0 Å². The van der Waals surface area contributed by atoms with Gasteiger partial charge in [-0.05, 0) is 56.6 Å². The van der Waals surface area contributed by atoms with Crippen LogP contribution in [0.5, 0.6) is 5.75 Å². The van der Waals surface area contributed by atoms with Crippen LogP contribution in [0.1, 0.15) is 38.5 Å². The summed E-state index contributed by atoms with van der Waals surface area (Å²) in [7, 11) is 3.58. The molecule has 2 aliphatic rings. The Morgan fingerprint density at radius 3 is 3.00 bits per heavy atom. The van der Waals surface area contributed by atoms with Crippen LogP contribution in [0.15, 0.2) is 40.9 Å². The van der Waals surface area contributed by atoms with Gasteiger partial charge in [0.25, 0.3) is 0 Å². The number of nitrogens with one attached hydrogen (secondary N) is 2. The van der Waals surface area contributed by atoms with Gasteiger partial charge in [-0.3, -0.25) is 4.99 Å². The summed E-state index contributed by atoms with van der Waals surface area (Å²) in [4.78, 5) is 6.82. The first kappa shape index (κ1) is 19.6. The van der Waals surface area contributed by atoms with E-state index in [0.29, 0.717) is 5.92 Å². The van der Waals surface area contributed by atoms with Crippen molar-refractivity contribution in [1.82, 2.24) is 10.6 Å². The van der Waals surface area contributed by atoms with Crippen molar-refractivity contribution in [3.8, 4) is 5.75 Å². The maximum absolute atomic E-state index is 5.35. The molecule has 1 aliphatic carbocycles. The fourth-order valence-corrected chi connectivity index (χ4v) is 3.98. The van der Waals surface area contributed by atoms with Gasteiger partial charge in [0.1, 0.15) is 5.75 Å². The van der Waals surface area contributed by atoms with Crippen LogP contribution in [0, 0.1) is 5.92 Å². The fraction of sp³-hybridized carbons (Fsp3) is 0.591. The van der Waals surface area contributed by atoms with Gasteiger partial charge in [0.05, 0.1) is 7.11 Å². The van der Waals surface area contributed by atoms with E-state index in [1.165, 1.54) is 37.8 Å². The highest BCUT2D eigenvalue weighted by Crippen LogP contribution is 2.26. The van der Waals surface area contributed by atoms with Crippen molar-refractivity contribution in [2.24, 2.45) is 10.9 Å². The van der Waals surface area contributed by atoms with Crippen LogP contribution in [0.25, 0.3) is 0 Å². The van der Waals surface area contributed by atoms with E-state index in [0.717, 1.165) is 44.3 Å². The van der Waals surface area contributed by atoms with Crippen LogP contribution in [0.2, 0.25) is 0 Å². The zero-order valence-electron chi connectivity index (χ0n) is 16.8.